The minimum absolute atomic E-state index is 0.0104. The van der Waals surface area contributed by atoms with Crippen molar-refractivity contribution in [1.29, 1.82) is 0 Å². The molecule has 1 aliphatic heterocycles. The molecular weight excluding hydrogens is 489 g/mol. The fourth-order valence-electron chi connectivity index (χ4n) is 6.39. The molecule has 4 atom stereocenters. The van der Waals surface area contributed by atoms with E-state index in [-0.39, 0.29) is 29.9 Å². The molecular formula is C31H41F3N2O2. The van der Waals surface area contributed by atoms with Gasteiger partial charge in [-0.25, -0.2) is 13.2 Å². The summed E-state index contributed by atoms with van der Waals surface area (Å²) < 4.78 is 42.4. The van der Waals surface area contributed by atoms with Gasteiger partial charge in [0.2, 0.25) is 0 Å². The third kappa shape index (κ3) is 7.38. The molecule has 1 saturated carbocycles. The van der Waals surface area contributed by atoms with Gasteiger partial charge in [0.1, 0.15) is 11.9 Å². The van der Waals surface area contributed by atoms with Gasteiger partial charge in [0.25, 0.3) is 5.92 Å². The van der Waals surface area contributed by atoms with Crippen LogP contribution in [0.1, 0.15) is 69.4 Å². The Balaban J connectivity index is 1.31. The maximum absolute atomic E-state index is 14.6. The van der Waals surface area contributed by atoms with E-state index < -0.39 is 23.8 Å². The highest BCUT2D eigenvalue weighted by Crippen LogP contribution is 2.41. The van der Waals surface area contributed by atoms with Gasteiger partial charge in [-0.05, 0) is 86.6 Å². The average molecular weight is 531 g/mol. The predicted molar refractivity (Wildman–Crippen MR) is 144 cm³/mol. The zero-order valence-electron chi connectivity index (χ0n) is 22.5. The van der Waals surface area contributed by atoms with Crippen LogP contribution < -0.4 is 5.32 Å². The Morgan fingerprint density at radius 2 is 1.71 bits per heavy atom. The summed E-state index contributed by atoms with van der Waals surface area (Å²) in [5, 5.41) is 13.1. The van der Waals surface area contributed by atoms with Gasteiger partial charge in [-0.3, -0.25) is 4.79 Å². The van der Waals surface area contributed by atoms with Crippen molar-refractivity contribution in [2.45, 2.75) is 76.3 Å². The molecule has 1 heterocycles. The first-order chi connectivity index (χ1) is 18.1. The number of piperidine rings is 1. The van der Waals surface area contributed by atoms with Crippen LogP contribution in [0.3, 0.4) is 0 Å². The van der Waals surface area contributed by atoms with E-state index >= 15 is 0 Å². The summed E-state index contributed by atoms with van der Waals surface area (Å²) >= 11 is 0. The number of likely N-dealkylation sites (tertiary alicyclic amines) is 1. The Morgan fingerprint density at radius 3 is 2.32 bits per heavy atom. The SMILES string of the molecule is CC(C)C(NC1CC(CN2CCC(CCC(F)(F)c3ccc(F)cc3)CC2)C(c2ccccc2)C1)C(=O)O. The summed E-state index contributed by atoms with van der Waals surface area (Å²) in [5.41, 5.74) is 1.19. The van der Waals surface area contributed by atoms with Crippen molar-refractivity contribution in [2.75, 3.05) is 19.6 Å². The highest BCUT2D eigenvalue weighted by atomic mass is 19.3. The van der Waals surface area contributed by atoms with Crippen molar-refractivity contribution in [3.8, 4) is 0 Å². The molecule has 4 rings (SSSR count). The highest BCUT2D eigenvalue weighted by Gasteiger charge is 2.39. The van der Waals surface area contributed by atoms with Gasteiger partial charge in [0.15, 0.2) is 0 Å². The van der Waals surface area contributed by atoms with Crippen molar-refractivity contribution in [3.05, 3.63) is 71.5 Å². The van der Waals surface area contributed by atoms with E-state index in [4.69, 9.17) is 0 Å². The fourth-order valence-corrected chi connectivity index (χ4v) is 6.39. The summed E-state index contributed by atoms with van der Waals surface area (Å²) in [6.45, 7) is 6.61. The number of alkyl halides is 2. The average Bonchev–Trinajstić information content (AvgIpc) is 3.29. The summed E-state index contributed by atoms with van der Waals surface area (Å²) in [6.07, 6.45) is 3.90. The maximum atomic E-state index is 14.6. The first-order valence-electron chi connectivity index (χ1n) is 14.0. The second-order valence-electron chi connectivity index (χ2n) is 11.7. The smallest absolute Gasteiger partial charge is 0.320 e. The molecule has 4 unspecified atom stereocenters. The molecule has 7 heteroatoms. The zero-order chi connectivity index (χ0) is 27.3. The summed E-state index contributed by atoms with van der Waals surface area (Å²) in [5.74, 6) is -3.19. The molecule has 2 fully saturated rings. The van der Waals surface area contributed by atoms with Crippen LogP contribution in [-0.4, -0.2) is 47.7 Å². The molecule has 4 nitrogen and oxygen atoms in total. The lowest BCUT2D eigenvalue weighted by atomic mass is 9.86. The molecule has 2 N–H and O–H groups in total. The Bertz CT molecular complexity index is 1020. The first-order valence-corrected chi connectivity index (χ1v) is 14.0. The van der Waals surface area contributed by atoms with Crippen molar-refractivity contribution in [1.82, 2.24) is 10.2 Å². The zero-order valence-corrected chi connectivity index (χ0v) is 22.5. The van der Waals surface area contributed by atoms with Gasteiger partial charge >= 0.3 is 5.97 Å². The van der Waals surface area contributed by atoms with E-state index in [2.05, 4.69) is 34.5 Å². The number of aliphatic carboxylic acids is 1. The van der Waals surface area contributed by atoms with Crippen molar-refractivity contribution < 1.29 is 23.1 Å². The molecule has 1 aliphatic carbocycles. The van der Waals surface area contributed by atoms with E-state index in [0.717, 1.165) is 57.5 Å². The number of nitrogens with zero attached hydrogens (tertiary/aromatic N) is 1. The number of rotatable bonds is 11. The number of nitrogens with one attached hydrogen (secondary N) is 1. The normalized spacial score (nSPS) is 24.1. The molecule has 2 aromatic rings. The standard InChI is InChI=1S/C31H41F3N2O2/c1-21(2)29(30(37)38)35-27-18-24(28(19-27)23-6-4-3-5-7-23)20-36-16-13-22(14-17-36)12-15-31(33,34)25-8-10-26(32)11-9-25/h3-11,21-22,24,27-29,35H,12-20H2,1-2H3,(H,37,38). The van der Waals surface area contributed by atoms with E-state index in [1.54, 1.807) is 0 Å². The first kappa shape index (κ1) is 28.6. The van der Waals surface area contributed by atoms with Crippen LogP contribution in [0, 0.1) is 23.6 Å². The molecule has 0 amide bonds. The molecule has 2 aromatic carbocycles. The lowest BCUT2D eigenvalue weighted by Gasteiger charge is -2.35. The number of carboxylic acids is 1. The largest absolute Gasteiger partial charge is 0.480 e. The van der Waals surface area contributed by atoms with Crippen LogP contribution >= 0.6 is 0 Å². The quantitative estimate of drug-likeness (QED) is 0.341. The molecule has 0 spiro atoms. The summed E-state index contributed by atoms with van der Waals surface area (Å²) in [4.78, 5) is 14.3. The van der Waals surface area contributed by atoms with Gasteiger partial charge in [-0.15, -0.1) is 0 Å². The van der Waals surface area contributed by atoms with Gasteiger partial charge in [-0.2, -0.15) is 0 Å². The van der Waals surface area contributed by atoms with Crippen molar-refractivity contribution in [3.63, 3.8) is 0 Å². The van der Waals surface area contributed by atoms with Gasteiger partial charge in [0, 0.05) is 24.6 Å². The van der Waals surface area contributed by atoms with Crippen LogP contribution in [-0.2, 0) is 10.7 Å². The summed E-state index contributed by atoms with van der Waals surface area (Å²) in [7, 11) is 0. The number of hydrogen-bond acceptors (Lipinski definition) is 3. The van der Waals surface area contributed by atoms with Crippen molar-refractivity contribution in [2.24, 2.45) is 17.8 Å². The van der Waals surface area contributed by atoms with Gasteiger partial charge in [0.05, 0.1) is 0 Å². The predicted octanol–water partition coefficient (Wildman–Crippen LogP) is 6.67. The monoisotopic (exact) mass is 530 g/mol. The number of halogens is 3. The van der Waals surface area contributed by atoms with Crippen LogP contribution in [0.5, 0.6) is 0 Å². The topological polar surface area (TPSA) is 52.6 Å². The van der Waals surface area contributed by atoms with Crippen LogP contribution in [0.15, 0.2) is 54.6 Å². The number of carbonyl (C=O) groups is 1. The van der Waals surface area contributed by atoms with E-state index in [1.165, 1.54) is 17.7 Å². The third-order valence-electron chi connectivity index (χ3n) is 8.60. The van der Waals surface area contributed by atoms with Gasteiger partial charge in [-0.1, -0.05) is 56.3 Å². The molecule has 2 aliphatic rings. The Morgan fingerprint density at radius 1 is 1.05 bits per heavy atom. The Kier molecular flexibility index (Phi) is 9.53. The van der Waals surface area contributed by atoms with Crippen LogP contribution in [0.4, 0.5) is 13.2 Å². The van der Waals surface area contributed by atoms with Crippen LogP contribution in [0.2, 0.25) is 0 Å². The number of benzene rings is 2. The van der Waals surface area contributed by atoms with E-state index in [0.29, 0.717) is 18.3 Å². The Hall–Kier alpha value is -2.38. The third-order valence-corrected chi connectivity index (χ3v) is 8.60. The molecule has 0 bridgehead atoms. The minimum atomic E-state index is -2.94. The fraction of sp³-hybridized carbons (Fsp3) is 0.581. The molecule has 1 saturated heterocycles. The van der Waals surface area contributed by atoms with Crippen molar-refractivity contribution >= 4 is 5.97 Å². The maximum Gasteiger partial charge on any atom is 0.320 e. The second kappa shape index (κ2) is 12.6. The van der Waals surface area contributed by atoms with Gasteiger partial charge < -0.3 is 15.3 Å². The minimum Gasteiger partial charge on any atom is -0.480 e. The number of hydrogen-bond donors (Lipinski definition) is 2. The molecule has 38 heavy (non-hydrogen) atoms. The van der Waals surface area contributed by atoms with E-state index in [9.17, 15) is 23.1 Å². The lowest BCUT2D eigenvalue weighted by molar-refractivity contribution is -0.140. The lowest BCUT2D eigenvalue weighted by Crippen LogP contribution is -2.46. The second-order valence-corrected chi connectivity index (χ2v) is 11.7. The highest BCUT2D eigenvalue weighted by molar-refractivity contribution is 5.73. The molecule has 0 aromatic heterocycles. The molecule has 0 radical (unpaired) electrons. The molecule has 208 valence electrons. The number of carboxylic acid groups (broad SMARTS) is 1. The summed E-state index contributed by atoms with van der Waals surface area (Å²) in [6, 6.07) is 14.6. The van der Waals surface area contributed by atoms with Crippen LogP contribution in [0.25, 0.3) is 0 Å². The van der Waals surface area contributed by atoms with E-state index in [1.807, 2.05) is 19.9 Å². The Labute approximate surface area is 224 Å².